The van der Waals surface area contributed by atoms with Crippen LogP contribution < -0.4 is 4.74 Å². The van der Waals surface area contributed by atoms with Crippen LogP contribution in [0.2, 0.25) is 0 Å². The first kappa shape index (κ1) is 12.8. The van der Waals surface area contributed by atoms with Crippen molar-refractivity contribution in [2.75, 3.05) is 26.6 Å². The van der Waals surface area contributed by atoms with Crippen LogP contribution in [0.5, 0.6) is 5.75 Å². The zero-order chi connectivity index (χ0) is 11.3. The second-order valence-corrected chi connectivity index (χ2v) is 5.21. The van der Waals surface area contributed by atoms with Gasteiger partial charge in [-0.05, 0) is 17.2 Å². The highest BCUT2D eigenvalue weighted by molar-refractivity contribution is 9.10. The molecule has 0 radical (unpaired) electrons. The summed E-state index contributed by atoms with van der Waals surface area (Å²) < 4.78 is 22.5. The van der Waals surface area contributed by atoms with E-state index in [0.717, 1.165) is 9.37 Å². The Balaban J connectivity index is 2.71. The van der Waals surface area contributed by atoms with Crippen molar-refractivity contribution in [2.24, 2.45) is 0 Å². The SMILES string of the molecule is COCCOc1cc(Br)cc([S+](C)[O-])c1. The van der Waals surface area contributed by atoms with E-state index in [4.69, 9.17) is 9.47 Å². The lowest BCUT2D eigenvalue weighted by Crippen LogP contribution is -2.05. The molecule has 0 aliphatic heterocycles. The summed E-state index contributed by atoms with van der Waals surface area (Å²) in [6.07, 6.45) is 1.64. The molecule has 0 aliphatic rings. The van der Waals surface area contributed by atoms with Gasteiger partial charge in [-0.1, -0.05) is 15.9 Å². The third kappa shape index (κ3) is 4.42. The van der Waals surface area contributed by atoms with Gasteiger partial charge in [-0.2, -0.15) is 0 Å². The predicted octanol–water partition coefficient (Wildman–Crippen LogP) is 2.21. The minimum absolute atomic E-state index is 0.489. The number of halogens is 1. The molecule has 15 heavy (non-hydrogen) atoms. The van der Waals surface area contributed by atoms with E-state index < -0.39 is 11.2 Å². The first-order valence-electron chi connectivity index (χ1n) is 4.39. The van der Waals surface area contributed by atoms with Crippen molar-refractivity contribution >= 4 is 27.1 Å². The van der Waals surface area contributed by atoms with Gasteiger partial charge >= 0.3 is 0 Å². The monoisotopic (exact) mass is 292 g/mol. The number of hydrogen-bond donors (Lipinski definition) is 0. The van der Waals surface area contributed by atoms with Crippen LogP contribution in [0.15, 0.2) is 27.6 Å². The van der Waals surface area contributed by atoms with Crippen LogP contribution in [0.4, 0.5) is 0 Å². The van der Waals surface area contributed by atoms with E-state index in [2.05, 4.69) is 15.9 Å². The van der Waals surface area contributed by atoms with E-state index in [0.29, 0.717) is 19.0 Å². The molecule has 3 nitrogen and oxygen atoms in total. The van der Waals surface area contributed by atoms with Crippen molar-refractivity contribution in [2.45, 2.75) is 4.90 Å². The Kier molecular flexibility index (Phi) is 5.45. The van der Waals surface area contributed by atoms with Crippen LogP contribution >= 0.6 is 15.9 Å². The lowest BCUT2D eigenvalue weighted by atomic mass is 10.3. The topological polar surface area (TPSA) is 41.5 Å². The molecule has 0 N–H and O–H groups in total. The molecule has 1 atom stereocenters. The van der Waals surface area contributed by atoms with Crippen LogP contribution in [0.3, 0.4) is 0 Å². The van der Waals surface area contributed by atoms with E-state index in [1.165, 1.54) is 0 Å². The highest BCUT2D eigenvalue weighted by Gasteiger charge is 2.08. The molecule has 1 aromatic carbocycles. The van der Waals surface area contributed by atoms with Crippen molar-refractivity contribution in [1.82, 2.24) is 0 Å². The maximum absolute atomic E-state index is 11.3. The summed E-state index contributed by atoms with van der Waals surface area (Å²) in [5.74, 6) is 0.701. The lowest BCUT2D eigenvalue weighted by molar-refractivity contribution is 0.146. The first-order chi connectivity index (χ1) is 7.13. The molecule has 0 aromatic heterocycles. The van der Waals surface area contributed by atoms with Gasteiger partial charge in [0.1, 0.15) is 18.6 Å². The second-order valence-electron chi connectivity index (χ2n) is 2.92. The highest BCUT2D eigenvalue weighted by atomic mass is 79.9. The lowest BCUT2D eigenvalue weighted by Gasteiger charge is -2.09. The average molecular weight is 293 g/mol. The maximum atomic E-state index is 11.3. The van der Waals surface area contributed by atoms with E-state index in [1.807, 2.05) is 12.1 Å². The molecular formula is C10H13BrO3S. The van der Waals surface area contributed by atoms with Crippen LogP contribution in [0.1, 0.15) is 0 Å². The molecule has 1 aromatic rings. The molecule has 0 bridgehead atoms. The fourth-order valence-electron chi connectivity index (χ4n) is 1.03. The molecule has 0 saturated carbocycles. The van der Waals surface area contributed by atoms with Gasteiger partial charge < -0.3 is 14.0 Å². The highest BCUT2D eigenvalue weighted by Crippen LogP contribution is 2.24. The Morgan fingerprint density at radius 1 is 1.33 bits per heavy atom. The van der Waals surface area contributed by atoms with Crippen molar-refractivity contribution in [3.8, 4) is 5.75 Å². The molecule has 84 valence electrons. The summed E-state index contributed by atoms with van der Waals surface area (Å²) in [7, 11) is 1.62. The molecule has 1 unspecified atom stereocenters. The van der Waals surface area contributed by atoms with E-state index >= 15 is 0 Å². The van der Waals surface area contributed by atoms with Gasteiger partial charge in [-0.3, -0.25) is 0 Å². The molecule has 0 spiro atoms. The summed E-state index contributed by atoms with van der Waals surface area (Å²) in [6, 6.07) is 5.43. The van der Waals surface area contributed by atoms with Crippen LogP contribution in [0, 0.1) is 0 Å². The standard InChI is InChI=1S/C10H13BrO3S/c1-13-3-4-14-9-5-8(11)6-10(7-9)15(2)12/h5-7H,3-4H2,1-2H3. The molecule has 0 amide bonds. The molecule has 0 fully saturated rings. The maximum Gasteiger partial charge on any atom is 0.157 e. The Morgan fingerprint density at radius 3 is 2.67 bits per heavy atom. The molecule has 0 aliphatic carbocycles. The number of ether oxygens (including phenoxy) is 2. The van der Waals surface area contributed by atoms with Crippen molar-refractivity contribution in [1.29, 1.82) is 0 Å². The molecular weight excluding hydrogens is 280 g/mol. The number of methoxy groups -OCH3 is 1. The average Bonchev–Trinajstić information content (AvgIpc) is 2.17. The Morgan fingerprint density at radius 2 is 2.07 bits per heavy atom. The van der Waals surface area contributed by atoms with Crippen LogP contribution in [-0.2, 0) is 15.9 Å². The third-order valence-corrected chi connectivity index (χ3v) is 3.09. The Labute approximate surface area is 101 Å². The Hall–Kier alpha value is -0.230. The number of hydrogen-bond acceptors (Lipinski definition) is 3. The van der Waals surface area contributed by atoms with Gasteiger partial charge in [0.2, 0.25) is 0 Å². The molecule has 0 heterocycles. The predicted molar refractivity (Wildman–Crippen MR) is 63.8 cm³/mol. The number of benzene rings is 1. The van der Waals surface area contributed by atoms with Crippen molar-refractivity contribution in [3.63, 3.8) is 0 Å². The Bertz CT molecular complexity index is 318. The van der Waals surface area contributed by atoms with Gasteiger partial charge in [-0.25, -0.2) is 0 Å². The fraction of sp³-hybridized carbons (Fsp3) is 0.400. The van der Waals surface area contributed by atoms with Gasteiger partial charge in [-0.15, -0.1) is 0 Å². The van der Waals surface area contributed by atoms with E-state index in [1.54, 1.807) is 19.4 Å². The van der Waals surface area contributed by atoms with E-state index in [-0.39, 0.29) is 0 Å². The first-order valence-corrected chi connectivity index (χ1v) is 6.74. The van der Waals surface area contributed by atoms with Crippen molar-refractivity contribution in [3.05, 3.63) is 22.7 Å². The zero-order valence-corrected chi connectivity index (χ0v) is 11.1. The van der Waals surface area contributed by atoms with Crippen LogP contribution in [-0.4, -0.2) is 31.1 Å². The normalized spacial score (nSPS) is 12.5. The molecule has 5 heteroatoms. The smallest absolute Gasteiger partial charge is 0.157 e. The molecule has 0 saturated heterocycles. The van der Waals surface area contributed by atoms with Gasteiger partial charge in [0, 0.05) is 23.7 Å². The summed E-state index contributed by atoms with van der Waals surface area (Å²) in [5, 5.41) is 0. The van der Waals surface area contributed by atoms with E-state index in [9.17, 15) is 4.55 Å². The van der Waals surface area contributed by atoms with Gasteiger partial charge in [0.05, 0.1) is 6.61 Å². The summed E-state index contributed by atoms with van der Waals surface area (Å²) in [6.45, 7) is 1.03. The minimum atomic E-state index is -0.998. The third-order valence-electron chi connectivity index (χ3n) is 1.73. The largest absolute Gasteiger partial charge is 0.612 e. The summed E-state index contributed by atoms with van der Waals surface area (Å²) in [4.78, 5) is 0.747. The summed E-state index contributed by atoms with van der Waals surface area (Å²) >= 11 is 2.35. The fourth-order valence-corrected chi connectivity index (χ4v) is 2.23. The van der Waals surface area contributed by atoms with Gasteiger partial charge in [0.25, 0.3) is 0 Å². The quantitative estimate of drug-likeness (QED) is 0.617. The zero-order valence-electron chi connectivity index (χ0n) is 8.66. The molecule has 1 rings (SSSR count). The summed E-state index contributed by atoms with van der Waals surface area (Å²) in [5.41, 5.74) is 0. The van der Waals surface area contributed by atoms with Gasteiger partial charge in [0.15, 0.2) is 4.90 Å². The second kappa shape index (κ2) is 6.37. The minimum Gasteiger partial charge on any atom is -0.612 e. The van der Waals surface area contributed by atoms with Crippen molar-refractivity contribution < 1.29 is 14.0 Å². The number of rotatable bonds is 5. The van der Waals surface area contributed by atoms with Crippen LogP contribution in [0.25, 0.3) is 0 Å².